The summed E-state index contributed by atoms with van der Waals surface area (Å²) >= 11 is 7.37. The van der Waals surface area contributed by atoms with Gasteiger partial charge in [0.1, 0.15) is 44.2 Å². The number of para-hydroxylation sites is 2. The van der Waals surface area contributed by atoms with Gasteiger partial charge in [-0.1, -0.05) is 45.1 Å². The molecule has 0 radical (unpaired) electrons. The van der Waals surface area contributed by atoms with E-state index in [1.807, 2.05) is 6.07 Å². The predicted octanol–water partition coefficient (Wildman–Crippen LogP) is 10.6. The van der Waals surface area contributed by atoms with Crippen LogP contribution in [-0.4, -0.2) is 106 Å². The summed E-state index contributed by atoms with van der Waals surface area (Å²) in [7, 11) is -18.3. The number of rotatable bonds is 19. The number of phenols is 1. The second-order valence-corrected chi connectivity index (χ2v) is 24.4. The number of ether oxygens (including phenoxy) is 1. The molecule has 0 saturated carbocycles. The Morgan fingerprint density at radius 1 is 0.738 bits per heavy atom. The maximum absolute atomic E-state index is 13.2. The van der Waals surface area contributed by atoms with Crippen molar-refractivity contribution in [1.29, 1.82) is 5.26 Å². The van der Waals surface area contributed by atoms with Crippen LogP contribution in [0.15, 0.2) is 111 Å². The van der Waals surface area contributed by atoms with E-state index in [9.17, 15) is 62.8 Å². The molecule has 8 aromatic rings. The minimum absolute atomic E-state index is 0.0187. The molecule has 80 heavy (non-hydrogen) atoms. The van der Waals surface area contributed by atoms with Gasteiger partial charge in [0.05, 0.1) is 84.5 Å². The van der Waals surface area contributed by atoms with Crippen LogP contribution in [0.2, 0.25) is 5.02 Å². The molecule has 0 aliphatic heterocycles. The highest BCUT2D eigenvalue weighted by molar-refractivity contribution is 7.95. The lowest BCUT2D eigenvalue weighted by Crippen LogP contribution is -2.08. The summed E-state index contributed by atoms with van der Waals surface area (Å²) in [5.41, 5.74) is 0.0790. The van der Waals surface area contributed by atoms with Gasteiger partial charge in [0.25, 0.3) is 40.5 Å². The molecule has 0 fully saturated rings. The molecule has 0 aliphatic rings. The molecule has 39 heteroatoms. The lowest BCUT2D eigenvalue weighted by Gasteiger charge is -2.13. The Balaban J connectivity index is 0.00000177. The SMILES string of the molecule is CS(=O)(=O)O.Cc1cc(N=Nc2c(SOOO)cc3c(S(=O)(=O)O)c(N=Nc4c(C)c(C#N)c5nc6ccccc6n5c4O)ccc3c2O)c(OCCCS(=O)(=O)O)cc1N=Nc1nc2cc(SOOO)c(Cl)c(S(=O)(=O)O)c2s1. The summed E-state index contributed by atoms with van der Waals surface area (Å²) in [6, 6.07) is 15.9. The summed E-state index contributed by atoms with van der Waals surface area (Å²) < 4.78 is 146. The second kappa shape index (κ2) is 24.6. The first-order valence-corrected chi connectivity index (χ1v) is 30.2. The first kappa shape index (κ1) is 60.9. The Labute approximate surface area is 466 Å². The van der Waals surface area contributed by atoms with Crippen LogP contribution >= 0.6 is 47.0 Å². The average Bonchev–Trinajstić information content (AvgIpc) is 3.98. The van der Waals surface area contributed by atoms with Gasteiger partial charge >= 0.3 is 0 Å². The number of thiazole rings is 1. The molecule has 0 spiro atoms. The molecule has 0 bridgehead atoms. The zero-order valence-electron chi connectivity index (χ0n) is 40.0. The van der Waals surface area contributed by atoms with Crippen molar-refractivity contribution in [3.63, 3.8) is 0 Å². The third kappa shape index (κ3) is 14.1. The smallest absolute Gasteiger partial charge is 0.297 e. The molecule has 0 amide bonds. The molecular weight excluding hydrogens is 1230 g/mol. The van der Waals surface area contributed by atoms with Crippen LogP contribution in [-0.2, 0) is 59.2 Å². The molecule has 31 nitrogen and oxygen atoms in total. The van der Waals surface area contributed by atoms with Crippen LogP contribution in [0.1, 0.15) is 23.1 Å². The number of pyridine rings is 1. The highest BCUT2D eigenvalue weighted by Crippen LogP contribution is 2.49. The van der Waals surface area contributed by atoms with Gasteiger partial charge in [-0.3, -0.25) is 22.6 Å². The van der Waals surface area contributed by atoms with E-state index in [1.54, 1.807) is 24.3 Å². The van der Waals surface area contributed by atoms with Gasteiger partial charge in [0, 0.05) is 22.4 Å². The Morgan fingerprint density at radius 2 is 1.36 bits per heavy atom. The molecule has 5 aromatic carbocycles. The minimum Gasteiger partial charge on any atom is -0.505 e. The number of aryl methyl sites for hydroxylation is 1. The Kier molecular flexibility index (Phi) is 18.7. The van der Waals surface area contributed by atoms with Crippen LogP contribution < -0.4 is 4.74 Å². The summed E-state index contributed by atoms with van der Waals surface area (Å²) in [5.74, 6) is -2.15. The fourth-order valence-corrected chi connectivity index (χ4v) is 12.0. The van der Waals surface area contributed by atoms with Gasteiger partial charge in [0.2, 0.25) is 11.0 Å². The standard InChI is InChI=1S/C40H29ClN10O18S6.CH4O3S/c1-17-12-25(28(65-10-5-11-73(56,57)58)14-24(17)46-50-40-44-26-15-29(71-68-66-54)31(41)37(35(26)70-40)75(62,63)64)47-49-33-30(72-69-67-55)13-20-19(34(33)52)8-9-23(36(20)74(59,60)61)45-48-32-18(2)21(16-42)38-43-22-6-3-4-7-27(22)51(38)39(32)53;1-5(2,3)4/h3-4,6-9,12-15,52-55H,5,10-11H2,1-2H3,(H,56,57,58)(H,59,60,61)(H,62,63,64);1H3,(H,2,3,4). The van der Waals surface area contributed by atoms with E-state index in [0.717, 1.165) is 12.1 Å². The van der Waals surface area contributed by atoms with Crippen molar-refractivity contribution in [2.24, 2.45) is 30.7 Å². The number of hydrogen-bond acceptors (Lipinski definition) is 29. The van der Waals surface area contributed by atoms with Gasteiger partial charge in [-0.05, 0) is 68.3 Å². The van der Waals surface area contributed by atoms with Gasteiger partial charge in [-0.25, -0.2) is 20.5 Å². The normalized spacial score (nSPS) is 12.7. The summed E-state index contributed by atoms with van der Waals surface area (Å²) in [5, 5.41) is 81.6. The van der Waals surface area contributed by atoms with E-state index in [0.29, 0.717) is 46.2 Å². The summed E-state index contributed by atoms with van der Waals surface area (Å²) in [6.07, 6.45) is 0.481. The van der Waals surface area contributed by atoms with E-state index in [-0.39, 0.29) is 95.2 Å². The molecule has 0 saturated heterocycles. The maximum atomic E-state index is 13.2. The maximum Gasteiger partial charge on any atom is 0.297 e. The third-order valence-corrected chi connectivity index (χ3v) is 16.1. The van der Waals surface area contributed by atoms with Crippen molar-refractivity contribution < 1.29 is 96.1 Å². The van der Waals surface area contributed by atoms with Gasteiger partial charge in [-0.2, -0.15) is 38.9 Å². The highest BCUT2D eigenvalue weighted by atomic mass is 35.5. The average molecular weight is 1260 g/mol. The Bertz CT molecular complexity index is 4400. The number of aromatic hydroxyl groups is 2. The van der Waals surface area contributed by atoms with Crippen LogP contribution in [0.3, 0.4) is 0 Å². The Morgan fingerprint density at radius 3 is 2.00 bits per heavy atom. The lowest BCUT2D eigenvalue weighted by molar-refractivity contribution is -0.432. The van der Waals surface area contributed by atoms with Crippen molar-refractivity contribution in [1.82, 2.24) is 14.4 Å². The minimum atomic E-state index is -5.28. The number of nitriles is 1. The van der Waals surface area contributed by atoms with Crippen LogP contribution in [0.25, 0.3) is 37.7 Å². The fraction of sp³-hybridized carbons (Fsp3) is 0.146. The van der Waals surface area contributed by atoms with E-state index in [1.165, 1.54) is 42.5 Å². The van der Waals surface area contributed by atoms with Crippen LogP contribution in [0.4, 0.5) is 33.6 Å². The molecule has 0 aliphatic carbocycles. The molecule has 0 atom stereocenters. The van der Waals surface area contributed by atoms with Crippen LogP contribution in [0.5, 0.6) is 17.4 Å². The summed E-state index contributed by atoms with van der Waals surface area (Å²) in [4.78, 5) is 6.56. The summed E-state index contributed by atoms with van der Waals surface area (Å²) in [6.45, 7) is 2.64. The number of imidazole rings is 1. The van der Waals surface area contributed by atoms with Crippen molar-refractivity contribution in [2.45, 2.75) is 39.9 Å². The Hall–Kier alpha value is -6.72. The predicted molar refractivity (Wildman–Crippen MR) is 283 cm³/mol. The lowest BCUT2D eigenvalue weighted by atomic mass is 10.1. The molecule has 8 N–H and O–H groups in total. The first-order chi connectivity index (χ1) is 37.5. The van der Waals surface area contributed by atoms with Gasteiger partial charge < -0.3 is 14.9 Å². The quantitative estimate of drug-likeness (QED) is 0.00931. The molecule has 3 heterocycles. The van der Waals surface area contributed by atoms with E-state index in [4.69, 9.17) is 31.4 Å². The fourth-order valence-electron chi connectivity index (χ4n) is 7.22. The second-order valence-electron chi connectivity index (χ2n) is 15.8. The molecule has 3 aromatic heterocycles. The zero-order valence-corrected chi connectivity index (χ0v) is 46.5. The highest BCUT2D eigenvalue weighted by Gasteiger charge is 2.28. The van der Waals surface area contributed by atoms with Crippen molar-refractivity contribution >= 4 is 159 Å². The zero-order chi connectivity index (χ0) is 58.6. The number of fused-ring (bicyclic) bond motifs is 5. The number of phenolic OH excluding ortho intramolecular Hbond substituents is 1. The van der Waals surface area contributed by atoms with E-state index < -0.39 is 89.4 Å². The van der Waals surface area contributed by atoms with Crippen LogP contribution in [0, 0.1) is 25.2 Å². The van der Waals surface area contributed by atoms with Crippen molar-refractivity contribution in [3.8, 4) is 23.4 Å². The monoisotopic (exact) mass is 1260 g/mol. The van der Waals surface area contributed by atoms with Crippen molar-refractivity contribution in [3.05, 3.63) is 82.4 Å². The third-order valence-electron chi connectivity index (χ3n) is 10.4. The molecule has 422 valence electrons. The van der Waals surface area contributed by atoms with E-state index >= 15 is 0 Å². The number of benzene rings is 5. The molecule has 8 rings (SSSR count). The number of azo groups is 3. The molecule has 0 unspecified atom stereocenters. The number of aromatic nitrogens is 3. The topological polar surface area (TPSA) is 473 Å². The largest absolute Gasteiger partial charge is 0.505 e. The number of hydrogen-bond donors (Lipinski definition) is 8. The van der Waals surface area contributed by atoms with Gasteiger partial charge in [-0.15, -0.1) is 39.4 Å². The van der Waals surface area contributed by atoms with Gasteiger partial charge in [0.15, 0.2) is 17.1 Å². The number of nitrogens with zero attached hydrogens (tertiary/aromatic N) is 10. The molecular formula is C41H33ClN10O21S7. The number of halogens is 1. The van der Waals surface area contributed by atoms with Crippen molar-refractivity contribution in [2.75, 3.05) is 18.6 Å². The van der Waals surface area contributed by atoms with E-state index in [2.05, 4.69) is 59.4 Å². The first-order valence-electron chi connectivity index (χ1n) is 21.2.